The van der Waals surface area contributed by atoms with E-state index in [0.29, 0.717) is 12.2 Å². The van der Waals surface area contributed by atoms with Crippen molar-refractivity contribution in [2.24, 2.45) is 0 Å². The maximum Gasteiger partial charge on any atom is 0.341 e. The van der Waals surface area contributed by atoms with Gasteiger partial charge in [0.15, 0.2) is 11.5 Å². The summed E-state index contributed by atoms with van der Waals surface area (Å²) in [7, 11) is -2.66. The molecule has 1 heterocycles. The number of hydrogen-bond acceptors (Lipinski definition) is 5. The summed E-state index contributed by atoms with van der Waals surface area (Å²) in [4.78, 5) is -0.165. The van der Waals surface area contributed by atoms with Crippen molar-refractivity contribution < 1.29 is 17.3 Å². The van der Waals surface area contributed by atoms with Gasteiger partial charge in [0.2, 0.25) is 0 Å². The molecule has 0 saturated heterocycles. The molecule has 2 aromatic rings. The normalized spacial score (nSPS) is 11.2. The molecule has 1 aromatic carbocycles. The Morgan fingerprint density at radius 1 is 1.27 bits per heavy atom. The van der Waals surface area contributed by atoms with E-state index < -0.39 is 10.1 Å². The van der Waals surface area contributed by atoms with Crippen molar-refractivity contribution in [2.45, 2.75) is 11.3 Å². The van der Waals surface area contributed by atoms with Gasteiger partial charge in [-0.3, -0.25) is 0 Å². The predicted molar refractivity (Wildman–Crippen MR) is 89.0 cm³/mol. The smallest absolute Gasteiger partial charge is 0.341 e. The van der Waals surface area contributed by atoms with Crippen LogP contribution in [0.3, 0.4) is 0 Å². The molecular weight excluding hydrogens is 367 g/mol. The molecule has 118 valence electrons. The van der Waals surface area contributed by atoms with Crippen LogP contribution in [0.25, 0.3) is 0 Å². The molecule has 0 spiro atoms. The molecule has 0 atom stereocenters. The van der Waals surface area contributed by atoms with Crippen LogP contribution in [-0.2, 0) is 16.5 Å². The second kappa shape index (κ2) is 6.91. The highest BCUT2D eigenvalue weighted by Gasteiger charge is 2.24. The molecule has 0 fully saturated rings. The van der Waals surface area contributed by atoms with Crippen LogP contribution in [0.5, 0.6) is 11.5 Å². The molecule has 8 heteroatoms. The molecule has 0 bridgehead atoms. The van der Waals surface area contributed by atoms with Gasteiger partial charge >= 0.3 is 10.1 Å². The van der Waals surface area contributed by atoms with Crippen molar-refractivity contribution in [3.63, 3.8) is 0 Å². The Labute approximate surface area is 143 Å². The van der Waals surface area contributed by atoms with Crippen LogP contribution in [0.2, 0.25) is 8.67 Å². The first-order valence-corrected chi connectivity index (χ1v) is 9.02. The Morgan fingerprint density at radius 3 is 2.55 bits per heavy atom. The van der Waals surface area contributed by atoms with E-state index in [1.807, 2.05) is 0 Å². The third-order valence-electron chi connectivity index (χ3n) is 2.70. The zero-order valence-corrected chi connectivity index (χ0v) is 14.7. The Balaban J connectivity index is 2.37. The maximum absolute atomic E-state index is 12.3. The van der Waals surface area contributed by atoms with Crippen molar-refractivity contribution in [3.8, 4) is 11.5 Å². The first-order chi connectivity index (χ1) is 10.4. The zero-order valence-electron chi connectivity index (χ0n) is 11.5. The predicted octanol–water partition coefficient (Wildman–Crippen LogP) is 4.56. The minimum absolute atomic E-state index is 0.0484. The van der Waals surface area contributed by atoms with Gasteiger partial charge in [-0.25, -0.2) is 0 Å². The average molecular weight is 379 g/mol. The molecule has 4 nitrogen and oxygen atoms in total. The highest BCUT2D eigenvalue weighted by atomic mass is 35.5. The molecule has 2 rings (SSSR count). The standard InChI is InChI=1S/C14H12Cl2O4S2/c1-3-4-9-5-6-10(11(7-9)19-2)20-22(17,18)12-8-13(15)21-14(12)16/h3,5-8H,1,4H2,2H3. The molecule has 0 N–H and O–H groups in total. The lowest BCUT2D eigenvalue weighted by Crippen LogP contribution is -2.10. The third-order valence-corrected chi connectivity index (χ3v) is 5.69. The van der Waals surface area contributed by atoms with E-state index in [1.54, 1.807) is 18.2 Å². The number of benzene rings is 1. The highest BCUT2D eigenvalue weighted by Crippen LogP contribution is 2.37. The second-order valence-corrected chi connectivity index (χ2v) is 8.00. The van der Waals surface area contributed by atoms with Crippen LogP contribution >= 0.6 is 34.5 Å². The molecule has 0 unspecified atom stereocenters. The summed E-state index contributed by atoms with van der Waals surface area (Å²) in [5.74, 6) is 0.383. The number of allylic oxidation sites excluding steroid dienone is 1. The summed E-state index contributed by atoms with van der Waals surface area (Å²) in [6, 6.07) is 6.20. The van der Waals surface area contributed by atoms with E-state index in [4.69, 9.17) is 32.1 Å². The number of halogens is 2. The van der Waals surface area contributed by atoms with Crippen LogP contribution < -0.4 is 8.92 Å². The van der Waals surface area contributed by atoms with Crippen LogP contribution in [0.1, 0.15) is 5.56 Å². The SMILES string of the molecule is C=CCc1ccc(OS(=O)(=O)c2cc(Cl)sc2Cl)c(OC)c1. The average Bonchev–Trinajstić information content (AvgIpc) is 2.80. The minimum Gasteiger partial charge on any atom is -0.493 e. The van der Waals surface area contributed by atoms with Crippen LogP contribution in [0, 0.1) is 0 Å². The number of ether oxygens (including phenoxy) is 1. The summed E-state index contributed by atoms with van der Waals surface area (Å²) in [5.41, 5.74) is 0.924. The topological polar surface area (TPSA) is 52.6 Å². The number of rotatable bonds is 6. The van der Waals surface area contributed by atoms with Gasteiger partial charge in [-0.2, -0.15) is 8.42 Å². The van der Waals surface area contributed by atoms with Gasteiger partial charge in [-0.15, -0.1) is 17.9 Å². The van der Waals surface area contributed by atoms with Crippen molar-refractivity contribution >= 4 is 44.7 Å². The largest absolute Gasteiger partial charge is 0.493 e. The Hall–Kier alpha value is -1.21. The number of thiophene rings is 1. The van der Waals surface area contributed by atoms with Crippen molar-refractivity contribution in [3.05, 3.63) is 51.2 Å². The molecule has 0 radical (unpaired) electrons. The zero-order chi connectivity index (χ0) is 16.3. The fourth-order valence-corrected chi connectivity index (χ4v) is 4.78. The molecule has 22 heavy (non-hydrogen) atoms. The first-order valence-electron chi connectivity index (χ1n) is 6.04. The van der Waals surface area contributed by atoms with E-state index in [0.717, 1.165) is 16.9 Å². The van der Waals surface area contributed by atoms with E-state index in [9.17, 15) is 8.42 Å². The van der Waals surface area contributed by atoms with Gasteiger partial charge in [0.25, 0.3) is 0 Å². The van der Waals surface area contributed by atoms with Gasteiger partial charge in [-0.1, -0.05) is 35.3 Å². The van der Waals surface area contributed by atoms with E-state index >= 15 is 0 Å². The molecule has 0 aliphatic rings. The Morgan fingerprint density at radius 2 is 2.00 bits per heavy atom. The molecule has 1 aromatic heterocycles. The van der Waals surface area contributed by atoms with E-state index in [-0.39, 0.29) is 19.3 Å². The lowest BCUT2D eigenvalue weighted by molar-refractivity contribution is 0.390. The van der Waals surface area contributed by atoms with Crippen molar-refractivity contribution in [2.75, 3.05) is 7.11 Å². The number of methoxy groups -OCH3 is 1. The summed E-state index contributed by atoms with van der Waals surface area (Å²) in [6.45, 7) is 3.65. The summed E-state index contributed by atoms with van der Waals surface area (Å²) < 4.78 is 35.2. The number of hydrogen-bond donors (Lipinski definition) is 0. The monoisotopic (exact) mass is 378 g/mol. The first kappa shape index (κ1) is 17.1. The lowest BCUT2D eigenvalue weighted by atomic mass is 10.1. The summed E-state index contributed by atoms with van der Waals surface area (Å²) >= 11 is 12.6. The minimum atomic E-state index is -4.09. The van der Waals surface area contributed by atoms with Gasteiger partial charge in [-0.05, 0) is 30.2 Å². The quantitative estimate of drug-likeness (QED) is 0.545. The summed E-state index contributed by atoms with van der Waals surface area (Å²) in [5, 5.41) is 0. The fraction of sp³-hybridized carbons (Fsp3) is 0.143. The molecule has 0 aliphatic carbocycles. The van der Waals surface area contributed by atoms with Gasteiger partial charge < -0.3 is 8.92 Å². The van der Waals surface area contributed by atoms with Gasteiger partial charge in [0, 0.05) is 0 Å². The molecular formula is C14H12Cl2O4S2. The van der Waals surface area contributed by atoms with Crippen molar-refractivity contribution in [1.82, 2.24) is 0 Å². The van der Waals surface area contributed by atoms with Crippen LogP contribution in [0.4, 0.5) is 0 Å². The van der Waals surface area contributed by atoms with Crippen molar-refractivity contribution in [1.29, 1.82) is 0 Å². The second-order valence-electron chi connectivity index (χ2n) is 4.20. The van der Waals surface area contributed by atoms with Crippen LogP contribution in [0.15, 0.2) is 41.8 Å². The molecule has 0 aliphatic heterocycles. The Kier molecular flexibility index (Phi) is 5.39. The maximum atomic E-state index is 12.3. The highest BCUT2D eigenvalue weighted by molar-refractivity contribution is 7.87. The molecule has 0 saturated carbocycles. The Bertz CT molecular complexity index is 797. The van der Waals surface area contributed by atoms with Crippen LogP contribution in [-0.4, -0.2) is 15.5 Å². The lowest BCUT2D eigenvalue weighted by Gasteiger charge is -2.11. The summed E-state index contributed by atoms with van der Waals surface area (Å²) in [6.07, 6.45) is 2.37. The fourth-order valence-electron chi connectivity index (χ4n) is 1.73. The van der Waals surface area contributed by atoms with Gasteiger partial charge in [0.05, 0.1) is 11.4 Å². The third kappa shape index (κ3) is 3.76. The van der Waals surface area contributed by atoms with Gasteiger partial charge in [0.1, 0.15) is 9.23 Å². The molecule has 0 amide bonds. The van der Waals surface area contributed by atoms with E-state index in [2.05, 4.69) is 6.58 Å². The van der Waals surface area contributed by atoms with E-state index in [1.165, 1.54) is 19.2 Å².